The number of likely N-dealkylation sites (N-methyl/N-ethyl adjacent to an activating group) is 5. The number of H-pyrrole nitrogens is 1. The van der Waals surface area contributed by atoms with E-state index in [1.165, 1.54) is 68.7 Å². The lowest BCUT2D eigenvalue weighted by atomic mass is 9.95. The Morgan fingerprint density at radius 2 is 1.23 bits per heavy atom. The van der Waals surface area contributed by atoms with Crippen molar-refractivity contribution in [1.82, 2.24) is 61.2 Å². The molecular formula is C59H88N12O11. The molecule has 23 heteroatoms. The molecule has 2 fully saturated rings. The molecule has 0 bridgehead atoms. The Morgan fingerprint density at radius 1 is 0.622 bits per heavy atom. The minimum atomic E-state index is -1.58. The van der Waals surface area contributed by atoms with E-state index in [4.69, 9.17) is 0 Å². The summed E-state index contributed by atoms with van der Waals surface area (Å²) in [5.41, 5.74) is 5.15. The smallest absolute Gasteiger partial charge is 0.262 e. The number of rotatable bonds is 10. The Morgan fingerprint density at radius 3 is 1.87 bits per heavy atom. The van der Waals surface area contributed by atoms with Gasteiger partial charge in [0.05, 0.1) is 6.61 Å². The van der Waals surface area contributed by atoms with Crippen LogP contribution in [0.2, 0.25) is 0 Å². The average Bonchev–Trinajstić information content (AvgIpc) is 3.87. The number of hydrogen-bond acceptors (Lipinski definition) is 12. The molecule has 5 rings (SSSR count). The van der Waals surface area contributed by atoms with Gasteiger partial charge in [-0.05, 0) is 68.1 Å². The van der Waals surface area contributed by atoms with Gasteiger partial charge in [0.2, 0.25) is 53.2 Å². The van der Waals surface area contributed by atoms with Gasteiger partial charge >= 0.3 is 0 Å². The molecule has 0 unspecified atom stereocenters. The number of nitrogens with zero attached hydrogens (tertiary/aromatic N) is 6. The first-order valence-electron chi connectivity index (χ1n) is 28.5. The maximum Gasteiger partial charge on any atom is 0.262 e. The minimum absolute atomic E-state index is 0.00718. The third kappa shape index (κ3) is 15.8. The molecule has 450 valence electrons. The SMILES string of the molecule is CC[C@H](C)[C@@H]1NC(=O)[C@H](Cc2c[nH]c3ccccc23)N(C)C(=O)[C@@H]2CCCNN2C(=O)[C@H](CO)N(C)C(=O)[C@H](CC(C)C)NC(=O)[C@H](Cc2ccccc2)N(C)C(=O)[C@@H](C)NC(=O)[C@H](C(C)C)N(C)C(=O)CCNC(=O)[C@H](C)N(C)C1=O. The molecule has 0 spiro atoms. The minimum Gasteiger partial charge on any atom is -0.394 e. The second-order valence-corrected chi connectivity index (χ2v) is 22.8. The van der Waals surface area contributed by atoms with Crippen LogP contribution in [0.1, 0.15) is 98.6 Å². The second-order valence-electron chi connectivity index (χ2n) is 22.8. The monoisotopic (exact) mass is 1140 g/mol. The maximum absolute atomic E-state index is 15.1. The first-order chi connectivity index (χ1) is 38.7. The third-order valence-electron chi connectivity index (χ3n) is 16.1. The summed E-state index contributed by atoms with van der Waals surface area (Å²) in [7, 11) is 7.05. The number of fused-ring (bicyclic) bond motifs is 2. The quantitative estimate of drug-likeness (QED) is 0.152. The van der Waals surface area contributed by atoms with Gasteiger partial charge in [0.25, 0.3) is 5.91 Å². The van der Waals surface area contributed by atoms with Crippen LogP contribution in [0.4, 0.5) is 0 Å². The van der Waals surface area contributed by atoms with Crippen molar-refractivity contribution in [3.05, 3.63) is 71.9 Å². The molecule has 0 radical (unpaired) electrons. The fourth-order valence-corrected chi connectivity index (χ4v) is 10.7. The first kappa shape index (κ1) is 65.4. The number of aliphatic hydroxyl groups excluding tert-OH is 1. The Hall–Kier alpha value is -7.40. The molecule has 7 N–H and O–H groups in total. The van der Waals surface area contributed by atoms with Crippen molar-refractivity contribution in [3.63, 3.8) is 0 Å². The molecule has 23 nitrogen and oxygen atoms in total. The van der Waals surface area contributed by atoms with Crippen LogP contribution in [0.3, 0.4) is 0 Å². The number of aromatic nitrogens is 1. The summed E-state index contributed by atoms with van der Waals surface area (Å²) in [6.07, 6.45) is 2.53. The van der Waals surface area contributed by atoms with Crippen molar-refractivity contribution >= 4 is 70.0 Å². The number of carbonyl (C=O) groups excluding carboxylic acids is 10. The van der Waals surface area contributed by atoms with Crippen molar-refractivity contribution in [2.75, 3.05) is 54.9 Å². The number of aliphatic hydroxyl groups is 1. The van der Waals surface area contributed by atoms with Crippen molar-refractivity contribution in [1.29, 1.82) is 0 Å². The Balaban J connectivity index is 1.59. The summed E-state index contributed by atoms with van der Waals surface area (Å²) in [5.74, 6) is -7.75. The fourth-order valence-electron chi connectivity index (χ4n) is 10.7. The highest BCUT2D eigenvalue weighted by molar-refractivity contribution is 5.99. The van der Waals surface area contributed by atoms with Gasteiger partial charge in [-0.25, -0.2) is 5.43 Å². The van der Waals surface area contributed by atoms with Gasteiger partial charge in [-0.15, -0.1) is 0 Å². The molecule has 2 aromatic carbocycles. The largest absolute Gasteiger partial charge is 0.394 e. The van der Waals surface area contributed by atoms with Crippen LogP contribution >= 0.6 is 0 Å². The second kappa shape index (κ2) is 29.5. The molecule has 3 heterocycles. The van der Waals surface area contributed by atoms with Gasteiger partial charge in [-0.1, -0.05) is 96.5 Å². The Labute approximate surface area is 481 Å². The molecule has 2 saturated heterocycles. The van der Waals surface area contributed by atoms with E-state index in [9.17, 15) is 43.5 Å². The average molecular weight is 1140 g/mol. The Kier molecular flexibility index (Phi) is 23.6. The van der Waals surface area contributed by atoms with E-state index >= 15 is 9.59 Å². The standard InChI is InChI=1S/C59H88N12O11/c1-14-36(6)49-59(82)66(9)38(8)51(74)60-28-26-48(73)70(13)50(35(4)5)54(77)63-37(7)55(78)67(10)45(30-39-21-16-15-17-22-39)52(75)64-43(29-34(2)3)56(79)69(12)47(33-72)58(81)71-44(25-20-27-62-71)57(80)68(11)46(53(76)65-49)31-40-32-61-42-24-19-18-23-41(40)42/h15-19,21-24,32,34-38,43-47,49-50,61-62,72H,14,20,25-31,33H2,1-13H3,(H,60,74)(H,63,77)(H,64,75)(H,65,76)/t36-,37+,38-,43-,44-,45-,46-,47-,49-,50-/m0/s1. The highest BCUT2D eigenvalue weighted by atomic mass is 16.3. The van der Waals surface area contributed by atoms with E-state index in [1.54, 1.807) is 57.3 Å². The zero-order valence-corrected chi connectivity index (χ0v) is 50.0. The van der Waals surface area contributed by atoms with E-state index in [1.807, 2.05) is 45.0 Å². The lowest BCUT2D eigenvalue weighted by Gasteiger charge is -2.41. The van der Waals surface area contributed by atoms with Crippen molar-refractivity contribution < 1.29 is 53.1 Å². The van der Waals surface area contributed by atoms with Crippen LogP contribution in [-0.2, 0) is 60.8 Å². The number of hydrogen-bond donors (Lipinski definition) is 7. The summed E-state index contributed by atoms with van der Waals surface area (Å²) in [6.45, 7) is 12.9. The lowest BCUT2D eigenvalue weighted by Crippen LogP contribution is -2.66. The van der Waals surface area contributed by atoms with E-state index < -0.39 is 132 Å². The van der Waals surface area contributed by atoms with E-state index in [2.05, 4.69) is 31.7 Å². The topological polar surface area (TPSA) is 286 Å². The summed E-state index contributed by atoms with van der Waals surface area (Å²) in [4.78, 5) is 154. The molecule has 82 heavy (non-hydrogen) atoms. The number of para-hydroxylation sites is 1. The number of aromatic amines is 1. The number of nitrogens with one attached hydrogen (secondary N) is 6. The number of amides is 10. The van der Waals surface area contributed by atoms with Crippen molar-refractivity contribution in [3.8, 4) is 0 Å². The van der Waals surface area contributed by atoms with Crippen molar-refractivity contribution in [2.45, 2.75) is 155 Å². The molecule has 2 aliphatic heterocycles. The summed E-state index contributed by atoms with van der Waals surface area (Å²) < 4.78 is 0. The predicted octanol–water partition coefficient (Wildman–Crippen LogP) is 1.34. The highest BCUT2D eigenvalue weighted by Crippen LogP contribution is 2.25. The molecule has 1 aromatic heterocycles. The van der Waals surface area contributed by atoms with E-state index in [0.717, 1.165) is 20.8 Å². The van der Waals surface area contributed by atoms with Crippen LogP contribution in [0, 0.1) is 17.8 Å². The Bertz CT molecular complexity index is 2750. The zero-order chi connectivity index (χ0) is 60.9. The molecule has 3 aromatic rings. The summed E-state index contributed by atoms with van der Waals surface area (Å²) in [6, 6.07) is 5.13. The van der Waals surface area contributed by atoms with Crippen LogP contribution in [0.15, 0.2) is 60.8 Å². The van der Waals surface area contributed by atoms with Gasteiger partial charge in [0.1, 0.15) is 54.4 Å². The van der Waals surface area contributed by atoms with Crippen LogP contribution in [0.5, 0.6) is 0 Å². The molecule has 0 aliphatic carbocycles. The molecule has 0 saturated carbocycles. The lowest BCUT2D eigenvalue weighted by molar-refractivity contribution is -0.160. The third-order valence-corrected chi connectivity index (χ3v) is 16.1. The zero-order valence-electron chi connectivity index (χ0n) is 50.0. The molecular weight excluding hydrogens is 1050 g/mol. The van der Waals surface area contributed by atoms with E-state index in [0.29, 0.717) is 24.0 Å². The predicted molar refractivity (Wildman–Crippen MR) is 308 cm³/mol. The van der Waals surface area contributed by atoms with Crippen LogP contribution in [-0.4, -0.2) is 208 Å². The fraction of sp³-hybridized carbons (Fsp3) is 0.593. The van der Waals surface area contributed by atoms with Gasteiger partial charge in [0.15, 0.2) is 0 Å². The van der Waals surface area contributed by atoms with Gasteiger partial charge in [0, 0.05) is 84.7 Å². The first-order valence-corrected chi connectivity index (χ1v) is 28.5. The number of hydrazine groups is 1. The van der Waals surface area contributed by atoms with Crippen LogP contribution < -0.4 is 26.7 Å². The summed E-state index contributed by atoms with van der Waals surface area (Å²) >= 11 is 0. The van der Waals surface area contributed by atoms with E-state index in [-0.39, 0.29) is 51.1 Å². The molecule has 10 atom stereocenters. The van der Waals surface area contributed by atoms with Gasteiger partial charge < -0.3 is 55.9 Å². The van der Waals surface area contributed by atoms with Gasteiger partial charge in [-0.3, -0.25) is 53.0 Å². The number of carbonyl (C=O) groups is 10. The maximum atomic E-state index is 15.1. The summed E-state index contributed by atoms with van der Waals surface area (Å²) in [5, 5.41) is 24.1. The highest BCUT2D eigenvalue weighted by Gasteiger charge is 2.44. The number of benzene rings is 2. The molecule has 2 aliphatic rings. The normalized spacial score (nSPS) is 26.2. The van der Waals surface area contributed by atoms with Gasteiger partial charge in [-0.2, -0.15) is 0 Å². The van der Waals surface area contributed by atoms with Crippen LogP contribution in [0.25, 0.3) is 10.9 Å². The molecule has 10 amide bonds. The van der Waals surface area contributed by atoms with Crippen molar-refractivity contribution in [2.24, 2.45) is 17.8 Å².